The number of likely N-dealkylation sites (tertiary alicyclic amines) is 1. The van der Waals surface area contributed by atoms with Crippen molar-refractivity contribution in [2.24, 2.45) is 5.92 Å². The standard InChI is InChI=1S/C10H17NO.C2H6/c1-3-5-10(12)11-7-4-6-9(2)8-11;1-2/h3,5,9H,4,6-8H2,1-2H3;1-2H3/b5-3+;. The number of hydrogen-bond donors (Lipinski definition) is 0. The summed E-state index contributed by atoms with van der Waals surface area (Å²) < 4.78 is 0. The van der Waals surface area contributed by atoms with Crippen LogP contribution in [0.1, 0.15) is 40.5 Å². The molecule has 1 rings (SSSR count). The molecule has 0 aromatic rings. The molecule has 0 radical (unpaired) electrons. The Labute approximate surface area is 88.0 Å². The van der Waals surface area contributed by atoms with Gasteiger partial charge in [-0.1, -0.05) is 26.8 Å². The molecule has 1 fully saturated rings. The summed E-state index contributed by atoms with van der Waals surface area (Å²) >= 11 is 0. The number of piperidine rings is 1. The van der Waals surface area contributed by atoms with E-state index in [0.29, 0.717) is 5.92 Å². The quantitative estimate of drug-likeness (QED) is 0.592. The van der Waals surface area contributed by atoms with E-state index in [2.05, 4.69) is 6.92 Å². The second-order valence-electron chi connectivity index (χ2n) is 3.53. The average molecular weight is 197 g/mol. The van der Waals surface area contributed by atoms with Gasteiger partial charge >= 0.3 is 0 Å². The predicted octanol–water partition coefficient (Wildman–Crippen LogP) is 2.85. The Morgan fingerprint density at radius 2 is 2.07 bits per heavy atom. The second-order valence-corrected chi connectivity index (χ2v) is 3.53. The van der Waals surface area contributed by atoms with E-state index in [1.54, 1.807) is 6.08 Å². The van der Waals surface area contributed by atoms with E-state index in [-0.39, 0.29) is 5.91 Å². The summed E-state index contributed by atoms with van der Waals surface area (Å²) in [5, 5.41) is 0. The first kappa shape index (κ1) is 13.2. The average Bonchev–Trinajstić information content (AvgIpc) is 2.21. The maximum absolute atomic E-state index is 11.4. The Morgan fingerprint density at radius 3 is 2.57 bits per heavy atom. The third-order valence-corrected chi connectivity index (χ3v) is 2.28. The van der Waals surface area contributed by atoms with E-state index < -0.39 is 0 Å². The van der Waals surface area contributed by atoms with Crippen molar-refractivity contribution in [2.45, 2.75) is 40.5 Å². The summed E-state index contributed by atoms with van der Waals surface area (Å²) in [7, 11) is 0. The normalized spacial score (nSPS) is 21.7. The molecule has 2 nitrogen and oxygen atoms in total. The highest BCUT2D eigenvalue weighted by Crippen LogP contribution is 2.15. The fourth-order valence-corrected chi connectivity index (χ4v) is 1.64. The van der Waals surface area contributed by atoms with Gasteiger partial charge < -0.3 is 4.90 Å². The van der Waals surface area contributed by atoms with Gasteiger partial charge in [0.1, 0.15) is 0 Å². The monoisotopic (exact) mass is 197 g/mol. The van der Waals surface area contributed by atoms with E-state index in [9.17, 15) is 4.79 Å². The SMILES string of the molecule is C/C=C/C(=O)N1CCCC(C)C1.CC. The molecule has 1 heterocycles. The molecule has 0 N–H and O–H groups in total. The van der Waals surface area contributed by atoms with Crippen molar-refractivity contribution in [3.05, 3.63) is 12.2 Å². The number of hydrogen-bond acceptors (Lipinski definition) is 1. The van der Waals surface area contributed by atoms with Crippen molar-refractivity contribution in [3.8, 4) is 0 Å². The van der Waals surface area contributed by atoms with Crippen LogP contribution in [0.15, 0.2) is 12.2 Å². The lowest BCUT2D eigenvalue weighted by Crippen LogP contribution is -2.38. The smallest absolute Gasteiger partial charge is 0.246 e. The molecule has 0 saturated carbocycles. The van der Waals surface area contributed by atoms with Crippen molar-refractivity contribution < 1.29 is 4.79 Å². The summed E-state index contributed by atoms with van der Waals surface area (Å²) in [5.74, 6) is 0.844. The molecular weight excluding hydrogens is 174 g/mol. The van der Waals surface area contributed by atoms with Gasteiger partial charge in [0, 0.05) is 13.1 Å². The molecule has 1 atom stereocenters. The van der Waals surface area contributed by atoms with Crippen LogP contribution in [-0.4, -0.2) is 23.9 Å². The Kier molecular flexibility index (Phi) is 7.17. The molecule has 0 aliphatic carbocycles. The van der Waals surface area contributed by atoms with Crippen molar-refractivity contribution in [2.75, 3.05) is 13.1 Å². The second kappa shape index (κ2) is 7.60. The van der Waals surface area contributed by atoms with E-state index >= 15 is 0 Å². The number of carbonyl (C=O) groups is 1. The minimum absolute atomic E-state index is 0.170. The minimum Gasteiger partial charge on any atom is -0.339 e. The molecule has 2 heteroatoms. The van der Waals surface area contributed by atoms with Gasteiger partial charge in [-0.05, 0) is 31.8 Å². The highest BCUT2D eigenvalue weighted by atomic mass is 16.2. The van der Waals surface area contributed by atoms with Gasteiger partial charge in [0.05, 0.1) is 0 Å². The van der Waals surface area contributed by atoms with Crippen LogP contribution in [0, 0.1) is 5.92 Å². The Hall–Kier alpha value is -0.790. The maximum atomic E-state index is 11.4. The van der Waals surface area contributed by atoms with Gasteiger partial charge in [-0.2, -0.15) is 0 Å². The molecule has 1 saturated heterocycles. The zero-order valence-electron chi connectivity index (χ0n) is 9.92. The number of amides is 1. The van der Waals surface area contributed by atoms with E-state index in [0.717, 1.165) is 19.5 Å². The zero-order valence-corrected chi connectivity index (χ0v) is 9.92. The molecule has 0 bridgehead atoms. The number of nitrogens with zero attached hydrogens (tertiary/aromatic N) is 1. The molecule has 1 aliphatic rings. The molecule has 1 aliphatic heterocycles. The molecule has 0 aromatic carbocycles. The van der Waals surface area contributed by atoms with Gasteiger partial charge in [0.15, 0.2) is 0 Å². The van der Waals surface area contributed by atoms with Crippen LogP contribution >= 0.6 is 0 Å². The lowest BCUT2D eigenvalue weighted by atomic mass is 10.0. The van der Waals surface area contributed by atoms with E-state index in [1.807, 2.05) is 31.7 Å². The predicted molar refractivity (Wildman–Crippen MR) is 61.1 cm³/mol. The number of rotatable bonds is 1. The lowest BCUT2D eigenvalue weighted by Gasteiger charge is -2.29. The van der Waals surface area contributed by atoms with Crippen LogP contribution in [0.2, 0.25) is 0 Å². The van der Waals surface area contributed by atoms with Crippen molar-refractivity contribution in [1.29, 1.82) is 0 Å². The molecule has 0 spiro atoms. The minimum atomic E-state index is 0.170. The van der Waals surface area contributed by atoms with Gasteiger partial charge in [0.2, 0.25) is 5.91 Å². The molecule has 14 heavy (non-hydrogen) atoms. The highest BCUT2D eigenvalue weighted by Gasteiger charge is 2.18. The number of allylic oxidation sites excluding steroid dienone is 1. The molecule has 1 unspecified atom stereocenters. The first-order valence-electron chi connectivity index (χ1n) is 5.65. The fraction of sp³-hybridized carbons (Fsp3) is 0.750. The Bertz CT molecular complexity index is 187. The van der Waals surface area contributed by atoms with Crippen molar-refractivity contribution in [3.63, 3.8) is 0 Å². The first-order chi connectivity index (χ1) is 6.74. The largest absolute Gasteiger partial charge is 0.339 e. The van der Waals surface area contributed by atoms with Crippen LogP contribution in [0.5, 0.6) is 0 Å². The number of carbonyl (C=O) groups excluding carboxylic acids is 1. The van der Waals surface area contributed by atoms with Gasteiger partial charge in [0.25, 0.3) is 0 Å². The van der Waals surface area contributed by atoms with Crippen LogP contribution in [0.25, 0.3) is 0 Å². The molecule has 82 valence electrons. The first-order valence-corrected chi connectivity index (χ1v) is 5.65. The summed E-state index contributed by atoms with van der Waals surface area (Å²) in [4.78, 5) is 13.3. The fourth-order valence-electron chi connectivity index (χ4n) is 1.64. The third kappa shape index (κ3) is 4.45. The Morgan fingerprint density at radius 1 is 1.43 bits per heavy atom. The van der Waals surface area contributed by atoms with Gasteiger partial charge in [-0.3, -0.25) is 4.79 Å². The van der Waals surface area contributed by atoms with Gasteiger partial charge in [-0.15, -0.1) is 0 Å². The van der Waals surface area contributed by atoms with Gasteiger partial charge in [-0.25, -0.2) is 0 Å². The van der Waals surface area contributed by atoms with Crippen molar-refractivity contribution in [1.82, 2.24) is 4.90 Å². The topological polar surface area (TPSA) is 20.3 Å². The van der Waals surface area contributed by atoms with Crippen LogP contribution < -0.4 is 0 Å². The summed E-state index contributed by atoms with van der Waals surface area (Å²) in [6.07, 6.45) is 5.88. The van der Waals surface area contributed by atoms with E-state index in [1.165, 1.54) is 6.42 Å². The molecule has 0 aromatic heterocycles. The van der Waals surface area contributed by atoms with Crippen LogP contribution in [0.4, 0.5) is 0 Å². The van der Waals surface area contributed by atoms with Crippen LogP contribution in [-0.2, 0) is 4.79 Å². The summed E-state index contributed by atoms with van der Waals surface area (Å²) in [5.41, 5.74) is 0. The summed E-state index contributed by atoms with van der Waals surface area (Å²) in [6.45, 7) is 9.96. The highest BCUT2D eigenvalue weighted by molar-refractivity contribution is 5.87. The maximum Gasteiger partial charge on any atom is 0.246 e. The lowest BCUT2D eigenvalue weighted by molar-refractivity contribution is -0.127. The molecule has 1 amide bonds. The zero-order chi connectivity index (χ0) is 11.0. The van der Waals surface area contributed by atoms with Crippen molar-refractivity contribution >= 4 is 5.91 Å². The summed E-state index contributed by atoms with van der Waals surface area (Å²) in [6, 6.07) is 0. The Balaban J connectivity index is 0.000000791. The third-order valence-electron chi connectivity index (χ3n) is 2.28. The molecular formula is C12H23NO. The van der Waals surface area contributed by atoms with Crippen LogP contribution in [0.3, 0.4) is 0 Å². The van der Waals surface area contributed by atoms with E-state index in [4.69, 9.17) is 0 Å².